The van der Waals surface area contributed by atoms with E-state index in [2.05, 4.69) is 5.32 Å². The van der Waals surface area contributed by atoms with Gasteiger partial charge in [0.2, 0.25) is 0 Å². The molecule has 1 aliphatic rings. The molecule has 0 radical (unpaired) electrons. The first-order valence-corrected chi connectivity index (χ1v) is 6.42. The van der Waals surface area contributed by atoms with Crippen molar-refractivity contribution in [3.8, 4) is 0 Å². The molecule has 3 rings (SSSR count). The molecule has 0 spiro atoms. The normalized spacial score (nSPS) is 17.1. The van der Waals surface area contributed by atoms with E-state index in [0.717, 1.165) is 11.1 Å². The predicted octanol–water partition coefficient (Wildman–Crippen LogP) is 2.56. The Morgan fingerprint density at radius 2 is 1.40 bits per heavy atom. The monoisotopic (exact) mass is 265 g/mol. The van der Waals surface area contributed by atoms with Crippen molar-refractivity contribution in [1.82, 2.24) is 10.2 Å². The molecule has 2 N–H and O–H groups in total. The number of amidine groups is 1. The molecule has 0 bridgehead atoms. The molecule has 1 fully saturated rings. The third kappa shape index (κ3) is 1.54. The Balaban J connectivity index is 2.30. The summed E-state index contributed by atoms with van der Waals surface area (Å²) < 4.78 is 0. The van der Waals surface area contributed by atoms with Crippen LogP contribution in [0.3, 0.4) is 0 Å². The molecule has 0 atom stereocenters. The first-order chi connectivity index (χ1) is 9.67. The maximum absolute atomic E-state index is 12.0. The van der Waals surface area contributed by atoms with Gasteiger partial charge in [-0.3, -0.25) is 10.7 Å². The lowest BCUT2D eigenvalue weighted by atomic mass is 9.81. The molecule has 1 saturated heterocycles. The van der Waals surface area contributed by atoms with Gasteiger partial charge in [0.05, 0.1) is 0 Å². The van der Waals surface area contributed by atoms with E-state index in [1.54, 1.807) is 11.9 Å². The summed E-state index contributed by atoms with van der Waals surface area (Å²) in [6.45, 7) is 0. The fourth-order valence-electron chi connectivity index (χ4n) is 2.80. The highest BCUT2D eigenvalue weighted by molar-refractivity contribution is 6.10. The number of carbonyl (C=O) groups excluding carboxylic acids is 1. The Kier molecular flexibility index (Phi) is 2.79. The zero-order chi connectivity index (χ0) is 14.2. The van der Waals surface area contributed by atoms with E-state index in [9.17, 15) is 4.79 Å². The topological polar surface area (TPSA) is 56.2 Å². The molecule has 100 valence electrons. The maximum Gasteiger partial charge on any atom is 0.323 e. The number of hydrogen-bond donors (Lipinski definition) is 2. The van der Waals surface area contributed by atoms with E-state index in [1.165, 1.54) is 0 Å². The molecule has 0 aliphatic carbocycles. The summed E-state index contributed by atoms with van der Waals surface area (Å²) in [5.41, 5.74) is 0.925. The highest BCUT2D eigenvalue weighted by atomic mass is 16.2. The molecular weight excluding hydrogens is 250 g/mol. The zero-order valence-electron chi connectivity index (χ0n) is 11.1. The van der Waals surface area contributed by atoms with Crippen molar-refractivity contribution in [1.29, 1.82) is 5.41 Å². The Morgan fingerprint density at radius 3 is 1.75 bits per heavy atom. The number of carbonyl (C=O) groups is 1. The van der Waals surface area contributed by atoms with Gasteiger partial charge in [-0.1, -0.05) is 60.7 Å². The van der Waals surface area contributed by atoms with Gasteiger partial charge in [-0.25, -0.2) is 4.79 Å². The van der Waals surface area contributed by atoms with Crippen LogP contribution in [0.2, 0.25) is 0 Å². The SMILES string of the molecule is CN1C(=O)NC(=N)C1(c1ccccc1)c1ccccc1. The van der Waals surface area contributed by atoms with Crippen LogP contribution in [0.25, 0.3) is 0 Å². The summed E-state index contributed by atoms with van der Waals surface area (Å²) in [5.74, 6) is 0.183. The van der Waals surface area contributed by atoms with Crippen LogP contribution in [0.4, 0.5) is 4.79 Å². The first kappa shape index (κ1) is 12.4. The zero-order valence-corrected chi connectivity index (χ0v) is 11.1. The molecule has 4 nitrogen and oxygen atoms in total. The summed E-state index contributed by atoms with van der Waals surface area (Å²) in [6.07, 6.45) is 0. The molecule has 1 aliphatic heterocycles. The Hall–Kier alpha value is -2.62. The van der Waals surface area contributed by atoms with Crippen molar-refractivity contribution in [2.45, 2.75) is 5.54 Å². The number of amides is 2. The van der Waals surface area contributed by atoms with Gasteiger partial charge in [0.25, 0.3) is 0 Å². The van der Waals surface area contributed by atoms with Crippen molar-refractivity contribution in [3.63, 3.8) is 0 Å². The molecule has 0 aromatic heterocycles. The van der Waals surface area contributed by atoms with E-state index < -0.39 is 5.54 Å². The number of hydrogen-bond acceptors (Lipinski definition) is 2. The van der Waals surface area contributed by atoms with Gasteiger partial charge >= 0.3 is 6.03 Å². The Labute approximate surface area is 117 Å². The van der Waals surface area contributed by atoms with Crippen LogP contribution in [-0.4, -0.2) is 23.8 Å². The second-order valence-corrected chi connectivity index (χ2v) is 4.81. The summed E-state index contributed by atoms with van der Waals surface area (Å²) in [4.78, 5) is 13.6. The molecule has 1 heterocycles. The second kappa shape index (κ2) is 4.49. The average molecular weight is 265 g/mol. The minimum absolute atomic E-state index is 0.183. The molecular formula is C16H15N3O. The lowest BCUT2D eigenvalue weighted by Crippen LogP contribution is -2.45. The van der Waals surface area contributed by atoms with Gasteiger partial charge in [-0.15, -0.1) is 0 Å². The molecule has 2 amide bonds. The van der Waals surface area contributed by atoms with Gasteiger partial charge in [-0.05, 0) is 11.1 Å². The molecule has 4 heteroatoms. The van der Waals surface area contributed by atoms with E-state index in [1.807, 2.05) is 60.7 Å². The van der Waals surface area contributed by atoms with Crippen LogP contribution in [0.15, 0.2) is 60.7 Å². The smallest absolute Gasteiger partial charge is 0.306 e. The fourth-order valence-corrected chi connectivity index (χ4v) is 2.80. The summed E-state index contributed by atoms with van der Waals surface area (Å²) in [5, 5.41) is 10.9. The molecule has 20 heavy (non-hydrogen) atoms. The van der Waals surface area contributed by atoms with E-state index in [0.29, 0.717) is 0 Å². The van der Waals surface area contributed by atoms with Gasteiger partial charge in [0, 0.05) is 7.05 Å². The predicted molar refractivity (Wildman–Crippen MR) is 77.7 cm³/mol. The van der Waals surface area contributed by atoms with Crippen LogP contribution in [0, 0.1) is 5.41 Å². The quantitative estimate of drug-likeness (QED) is 0.861. The number of nitrogens with one attached hydrogen (secondary N) is 2. The number of likely N-dealkylation sites (N-methyl/N-ethyl adjacent to an activating group) is 1. The van der Waals surface area contributed by atoms with Gasteiger partial charge in [-0.2, -0.15) is 0 Å². The lowest BCUT2D eigenvalue weighted by molar-refractivity contribution is 0.203. The summed E-state index contributed by atoms with van der Waals surface area (Å²) >= 11 is 0. The Morgan fingerprint density at radius 1 is 0.950 bits per heavy atom. The van der Waals surface area contributed by atoms with Crippen LogP contribution in [0.5, 0.6) is 0 Å². The first-order valence-electron chi connectivity index (χ1n) is 6.42. The fraction of sp³-hybridized carbons (Fsp3) is 0.125. The second-order valence-electron chi connectivity index (χ2n) is 4.81. The highest BCUT2D eigenvalue weighted by Gasteiger charge is 2.50. The number of rotatable bonds is 2. The third-order valence-corrected chi connectivity index (χ3v) is 3.78. The molecule has 2 aromatic carbocycles. The van der Waals surface area contributed by atoms with Crippen molar-refractivity contribution in [3.05, 3.63) is 71.8 Å². The standard InChI is InChI=1S/C16H15N3O/c1-19-15(20)18-14(17)16(19,12-8-4-2-5-9-12)13-10-6-3-7-11-13/h2-11H,1H3,(H2,17,18,20). The molecule has 2 aromatic rings. The van der Waals surface area contributed by atoms with Gasteiger partial charge < -0.3 is 4.90 Å². The summed E-state index contributed by atoms with van der Waals surface area (Å²) in [6, 6.07) is 19.0. The van der Waals surface area contributed by atoms with Crippen LogP contribution in [0.1, 0.15) is 11.1 Å². The molecule has 0 unspecified atom stereocenters. The number of benzene rings is 2. The van der Waals surface area contributed by atoms with Crippen molar-refractivity contribution in [2.24, 2.45) is 0 Å². The summed E-state index contributed by atoms with van der Waals surface area (Å²) in [7, 11) is 1.72. The van der Waals surface area contributed by atoms with Crippen LogP contribution in [-0.2, 0) is 5.54 Å². The van der Waals surface area contributed by atoms with Crippen molar-refractivity contribution >= 4 is 11.9 Å². The lowest BCUT2D eigenvalue weighted by Gasteiger charge is -2.35. The van der Waals surface area contributed by atoms with Crippen molar-refractivity contribution < 1.29 is 4.79 Å². The van der Waals surface area contributed by atoms with Crippen LogP contribution >= 0.6 is 0 Å². The van der Waals surface area contributed by atoms with Gasteiger partial charge in [0.15, 0.2) is 5.54 Å². The van der Waals surface area contributed by atoms with E-state index in [4.69, 9.17) is 5.41 Å². The largest absolute Gasteiger partial charge is 0.323 e. The van der Waals surface area contributed by atoms with Crippen LogP contribution < -0.4 is 5.32 Å². The number of nitrogens with zero attached hydrogens (tertiary/aromatic N) is 1. The third-order valence-electron chi connectivity index (χ3n) is 3.78. The minimum Gasteiger partial charge on any atom is -0.306 e. The maximum atomic E-state index is 12.0. The van der Waals surface area contributed by atoms with Crippen molar-refractivity contribution in [2.75, 3.05) is 7.05 Å². The minimum atomic E-state index is -0.875. The number of urea groups is 1. The molecule has 0 saturated carbocycles. The average Bonchev–Trinajstić information content (AvgIpc) is 2.72. The Bertz CT molecular complexity index is 612. The highest BCUT2D eigenvalue weighted by Crippen LogP contribution is 2.38. The van der Waals surface area contributed by atoms with E-state index in [-0.39, 0.29) is 11.9 Å². The van der Waals surface area contributed by atoms with E-state index >= 15 is 0 Å². The van der Waals surface area contributed by atoms with Gasteiger partial charge in [0.1, 0.15) is 5.84 Å².